The maximum Gasteiger partial charge on any atom is 0.255 e. The fourth-order valence-electron chi connectivity index (χ4n) is 1.76. The van der Waals surface area contributed by atoms with E-state index in [-0.39, 0.29) is 11.7 Å². The molecule has 1 unspecified atom stereocenters. The van der Waals surface area contributed by atoms with Crippen LogP contribution in [0.5, 0.6) is 0 Å². The molecule has 1 aliphatic rings. The lowest BCUT2D eigenvalue weighted by atomic mass is 10.2. The van der Waals surface area contributed by atoms with Crippen molar-refractivity contribution in [3.63, 3.8) is 0 Å². The molecule has 0 saturated carbocycles. The topological polar surface area (TPSA) is 59.2 Å². The third kappa shape index (κ3) is 2.66. The minimum Gasteiger partial charge on any atom is -0.382 e. The highest BCUT2D eigenvalue weighted by atomic mass is 35.5. The first kappa shape index (κ1) is 12.5. The number of aromatic nitrogens is 1. The molecule has 1 atom stereocenters. The van der Waals surface area contributed by atoms with Gasteiger partial charge in [0, 0.05) is 25.0 Å². The third-order valence-corrected chi connectivity index (χ3v) is 4.34. The number of rotatable bonds is 2. The van der Waals surface area contributed by atoms with E-state index in [0.717, 1.165) is 17.9 Å². The second kappa shape index (κ2) is 5.14. The number of anilines is 1. The van der Waals surface area contributed by atoms with E-state index in [2.05, 4.69) is 4.98 Å². The Morgan fingerprint density at radius 3 is 3.06 bits per heavy atom. The van der Waals surface area contributed by atoms with E-state index in [4.69, 9.17) is 17.3 Å². The van der Waals surface area contributed by atoms with Crippen LogP contribution < -0.4 is 5.73 Å². The summed E-state index contributed by atoms with van der Waals surface area (Å²) in [7, 11) is 1.82. The van der Waals surface area contributed by atoms with Gasteiger partial charge < -0.3 is 10.6 Å². The standard InChI is InChI=1S/C11H14ClN3OS/c1-15(8-2-3-17-6-8)11(16)7-4-9(12)10(13)14-5-7/h4-5,8H,2-3,6H2,1H3,(H2,13,14). The number of halogens is 1. The number of amides is 1. The lowest BCUT2D eigenvalue weighted by Gasteiger charge is -2.23. The second-order valence-corrected chi connectivity index (χ2v) is 5.58. The van der Waals surface area contributed by atoms with Crippen LogP contribution in [0.4, 0.5) is 5.82 Å². The van der Waals surface area contributed by atoms with E-state index in [1.807, 2.05) is 18.8 Å². The van der Waals surface area contributed by atoms with Gasteiger partial charge >= 0.3 is 0 Å². The lowest BCUT2D eigenvalue weighted by molar-refractivity contribution is 0.0747. The molecule has 17 heavy (non-hydrogen) atoms. The molecular weight excluding hydrogens is 258 g/mol. The zero-order chi connectivity index (χ0) is 12.4. The summed E-state index contributed by atoms with van der Waals surface area (Å²) in [4.78, 5) is 17.8. The fraction of sp³-hybridized carbons (Fsp3) is 0.455. The van der Waals surface area contributed by atoms with Gasteiger partial charge in [-0.15, -0.1) is 0 Å². The summed E-state index contributed by atoms with van der Waals surface area (Å²) in [5, 5.41) is 0.324. The molecule has 1 amide bonds. The third-order valence-electron chi connectivity index (χ3n) is 2.89. The van der Waals surface area contributed by atoms with Crippen molar-refractivity contribution in [1.82, 2.24) is 9.88 Å². The van der Waals surface area contributed by atoms with Crippen molar-refractivity contribution in [2.45, 2.75) is 12.5 Å². The zero-order valence-corrected chi connectivity index (χ0v) is 11.1. The molecule has 1 aromatic heterocycles. The van der Waals surface area contributed by atoms with Crippen LogP contribution in [0.2, 0.25) is 5.02 Å². The van der Waals surface area contributed by atoms with E-state index in [1.165, 1.54) is 6.20 Å². The number of hydrogen-bond acceptors (Lipinski definition) is 4. The van der Waals surface area contributed by atoms with Gasteiger partial charge in [0.25, 0.3) is 5.91 Å². The minimum atomic E-state index is -0.0492. The van der Waals surface area contributed by atoms with E-state index < -0.39 is 0 Å². The number of carbonyl (C=O) groups excluding carboxylic acids is 1. The van der Waals surface area contributed by atoms with E-state index in [1.54, 1.807) is 11.0 Å². The van der Waals surface area contributed by atoms with Gasteiger partial charge in [0.1, 0.15) is 5.82 Å². The molecule has 1 aromatic rings. The van der Waals surface area contributed by atoms with E-state index >= 15 is 0 Å². The fourth-order valence-corrected chi connectivity index (χ4v) is 3.20. The van der Waals surface area contributed by atoms with Crippen molar-refractivity contribution in [2.24, 2.45) is 0 Å². The highest BCUT2D eigenvalue weighted by molar-refractivity contribution is 7.99. The Hall–Kier alpha value is -0.940. The average Bonchev–Trinajstić information content (AvgIpc) is 2.84. The molecule has 0 spiro atoms. The molecule has 2 rings (SSSR count). The first-order valence-electron chi connectivity index (χ1n) is 5.35. The summed E-state index contributed by atoms with van der Waals surface area (Å²) in [5.41, 5.74) is 6.01. The Morgan fingerprint density at radius 2 is 2.47 bits per heavy atom. The molecule has 1 fully saturated rings. The second-order valence-electron chi connectivity index (χ2n) is 4.02. The predicted octanol–water partition coefficient (Wildman–Crippen LogP) is 1.89. The number of pyridine rings is 1. The quantitative estimate of drug-likeness (QED) is 0.892. The van der Waals surface area contributed by atoms with E-state index in [9.17, 15) is 4.79 Å². The molecule has 0 radical (unpaired) electrons. The highest BCUT2D eigenvalue weighted by Crippen LogP contribution is 2.23. The van der Waals surface area contributed by atoms with Crippen molar-refractivity contribution < 1.29 is 4.79 Å². The summed E-state index contributed by atoms with van der Waals surface area (Å²) in [6.45, 7) is 0. The monoisotopic (exact) mass is 271 g/mol. The van der Waals surface area contributed by atoms with Crippen molar-refractivity contribution >= 4 is 35.1 Å². The number of carbonyl (C=O) groups is 1. The normalized spacial score (nSPS) is 19.3. The van der Waals surface area contributed by atoms with Crippen molar-refractivity contribution in [3.8, 4) is 0 Å². The Morgan fingerprint density at radius 1 is 1.71 bits per heavy atom. The number of nitrogens with zero attached hydrogens (tertiary/aromatic N) is 2. The van der Waals surface area contributed by atoms with Crippen molar-refractivity contribution in [2.75, 3.05) is 24.3 Å². The van der Waals surface area contributed by atoms with Gasteiger partial charge in [-0.05, 0) is 18.2 Å². The number of nitrogen functional groups attached to an aromatic ring is 1. The molecule has 2 heterocycles. The average molecular weight is 272 g/mol. The molecule has 0 bridgehead atoms. The number of hydrogen-bond donors (Lipinski definition) is 1. The highest BCUT2D eigenvalue weighted by Gasteiger charge is 2.25. The Kier molecular flexibility index (Phi) is 3.79. The van der Waals surface area contributed by atoms with Crippen LogP contribution in [-0.4, -0.2) is 40.4 Å². The van der Waals surface area contributed by atoms with Crippen molar-refractivity contribution in [3.05, 3.63) is 22.8 Å². The van der Waals surface area contributed by atoms with Gasteiger partial charge in [-0.3, -0.25) is 4.79 Å². The molecule has 4 nitrogen and oxygen atoms in total. The summed E-state index contributed by atoms with van der Waals surface area (Å²) >= 11 is 7.73. The van der Waals surface area contributed by atoms with Crippen LogP contribution in [0, 0.1) is 0 Å². The molecule has 2 N–H and O–H groups in total. The largest absolute Gasteiger partial charge is 0.382 e. The first-order valence-corrected chi connectivity index (χ1v) is 6.89. The first-order chi connectivity index (χ1) is 8.09. The minimum absolute atomic E-state index is 0.0492. The predicted molar refractivity (Wildman–Crippen MR) is 71.5 cm³/mol. The molecule has 6 heteroatoms. The number of nitrogens with two attached hydrogens (primary N) is 1. The van der Waals surface area contributed by atoms with Gasteiger partial charge in [0.15, 0.2) is 0 Å². The SMILES string of the molecule is CN(C(=O)c1cnc(N)c(Cl)c1)C1CCSC1. The summed E-state index contributed by atoms with van der Waals surface area (Å²) in [6.07, 6.45) is 2.52. The number of thioether (sulfide) groups is 1. The van der Waals surface area contributed by atoms with Crippen molar-refractivity contribution in [1.29, 1.82) is 0 Å². The Labute approximate surface area is 110 Å². The molecule has 92 valence electrons. The van der Waals surface area contributed by atoms with Gasteiger partial charge in [-0.25, -0.2) is 4.98 Å². The summed E-state index contributed by atoms with van der Waals surface area (Å²) < 4.78 is 0. The molecule has 0 aromatic carbocycles. The van der Waals surface area contributed by atoms with Crippen LogP contribution in [-0.2, 0) is 0 Å². The van der Waals surface area contributed by atoms with E-state index in [0.29, 0.717) is 16.6 Å². The van der Waals surface area contributed by atoms with Gasteiger partial charge in [-0.2, -0.15) is 11.8 Å². The Balaban J connectivity index is 2.15. The van der Waals surface area contributed by atoms with Crippen LogP contribution in [0.3, 0.4) is 0 Å². The van der Waals surface area contributed by atoms with Crippen LogP contribution in [0.15, 0.2) is 12.3 Å². The molecular formula is C11H14ClN3OS. The summed E-state index contributed by atoms with van der Waals surface area (Å²) in [5.74, 6) is 2.32. The van der Waals surface area contributed by atoms with Gasteiger partial charge in [0.2, 0.25) is 0 Å². The molecule has 1 aliphatic heterocycles. The van der Waals surface area contributed by atoms with Gasteiger partial charge in [0.05, 0.1) is 10.6 Å². The van der Waals surface area contributed by atoms with Crippen LogP contribution in [0.25, 0.3) is 0 Å². The summed E-state index contributed by atoms with van der Waals surface area (Å²) in [6, 6.07) is 1.88. The molecule has 1 saturated heterocycles. The van der Waals surface area contributed by atoms with Crippen LogP contribution >= 0.6 is 23.4 Å². The zero-order valence-electron chi connectivity index (χ0n) is 9.52. The Bertz CT molecular complexity index is 435. The lowest BCUT2D eigenvalue weighted by Crippen LogP contribution is -2.37. The van der Waals surface area contributed by atoms with Crippen LogP contribution in [0.1, 0.15) is 16.8 Å². The molecule has 0 aliphatic carbocycles. The maximum absolute atomic E-state index is 12.2. The van der Waals surface area contributed by atoms with Gasteiger partial charge in [-0.1, -0.05) is 11.6 Å². The smallest absolute Gasteiger partial charge is 0.255 e. The maximum atomic E-state index is 12.2.